The molecule has 0 aliphatic rings. The number of carbonyl (C=O) groups is 4. The molecule has 56 heavy (non-hydrogen) atoms. The highest BCUT2D eigenvalue weighted by Gasteiger charge is 2.39. The maximum absolute atomic E-state index is 13.8. The molecule has 16 nitrogen and oxygen atoms in total. The molecule has 16 heteroatoms. The SMILES string of the molecule is COC(=O)N[C@H](C(=O)[C@H](c1ncc(-c2ccc(-c3ccc(-c4cnc([C@@H](C(=O)[C@@H](NC(=O)OC)[C@H](C=N)OC)C(C)C)[nH]4)cc3)cc2)[nH]1)C(C)C)[C@H](C=N)OC. The van der Waals surface area contributed by atoms with E-state index >= 15 is 0 Å². The number of hydrogen-bond donors (Lipinski definition) is 6. The second-order valence-electron chi connectivity index (χ2n) is 13.7. The molecule has 0 saturated carbocycles. The number of nitrogens with one attached hydrogen (secondary N) is 6. The normalized spacial score (nSPS) is 14.5. The van der Waals surface area contributed by atoms with Gasteiger partial charge in [-0.1, -0.05) is 76.2 Å². The van der Waals surface area contributed by atoms with Crippen molar-refractivity contribution in [1.82, 2.24) is 30.6 Å². The smallest absolute Gasteiger partial charge is 0.407 e. The molecule has 0 spiro atoms. The monoisotopic (exact) mass is 770 g/mol. The minimum atomic E-state index is -1.16. The van der Waals surface area contributed by atoms with Crippen molar-refractivity contribution in [3.05, 3.63) is 72.6 Å². The Morgan fingerprint density at radius 2 is 0.911 bits per heavy atom. The summed E-state index contributed by atoms with van der Waals surface area (Å²) >= 11 is 0. The first kappa shape index (κ1) is 42.7. The molecule has 0 unspecified atom stereocenters. The minimum absolute atomic E-state index is 0.200. The molecule has 0 aliphatic carbocycles. The summed E-state index contributed by atoms with van der Waals surface area (Å²) in [6, 6.07) is 13.4. The van der Waals surface area contributed by atoms with Gasteiger partial charge in [0.1, 0.15) is 35.9 Å². The number of carbonyl (C=O) groups excluding carboxylic acids is 4. The summed E-state index contributed by atoms with van der Waals surface area (Å²) in [7, 11) is 5.10. The number of Topliss-reactive ketones (excluding diaryl/α,β-unsaturated/α-hetero) is 2. The van der Waals surface area contributed by atoms with Gasteiger partial charge in [-0.25, -0.2) is 19.6 Å². The molecular weight excluding hydrogens is 720 g/mol. The quantitative estimate of drug-likeness (QED) is 0.0653. The van der Waals surface area contributed by atoms with Crippen molar-refractivity contribution in [1.29, 1.82) is 10.8 Å². The molecule has 0 bridgehead atoms. The number of ketones is 2. The topological polar surface area (TPSA) is 234 Å². The van der Waals surface area contributed by atoms with Crippen molar-refractivity contribution in [2.45, 2.75) is 63.8 Å². The van der Waals surface area contributed by atoms with Crippen LogP contribution in [-0.2, 0) is 28.5 Å². The Bertz CT molecular complexity index is 1830. The van der Waals surface area contributed by atoms with Gasteiger partial charge in [0.2, 0.25) is 0 Å². The van der Waals surface area contributed by atoms with E-state index in [1.54, 1.807) is 12.4 Å². The van der Waals surface area contributed by atoms with Crippen LogP contribution in [0.25, 0.3) is 33.6 Å². The number of ether oxygens (including phenoxy) is 4. The van der Waals surface area contributed by atoms with Crippen LogP contribution in [0.15, 0.2) is 60.9 Å². The van der Waals surface area contributed by atoms with E-state index in [9.17, 15) is 19.2 Å². The van der Waals surface area contributed by atoms with Gasteiger partial charge in [0.15, 0.2) is 11.6 Å². The highest BCUT2D eigenvalue weighted by molar-refractivity contribution is 5.96. The Morgan fingerprint density at radius 1 is 0.589 bits per heavy atom. The van der Waals surface area contributed by atoms with Gasteiger partial charge in [-0.15, -0.1) is 0 Å². The largest absolute Gasteiger partial charge is 0.453 e. The predicted octanol–water partition coefficient (Wildman–Crippen LogP) is 5.53. The van der Waals surface area contributed by atoms with E-state index in [0.29, 0.717) is 23.0 Å². The van der Waals surface area contributed by atoms with Crippen molar-refractivity contribution in [3.63, 3.8) is 0 Å². The lowest BCUT2D eigenvalue weighted by Crippen LogP contribution is -2.52. The zero-order valence-corrected chi connectivity index (χ0v) is 32.7. The Labute approximate surface area is 325 Å². The van der Waals surface area contributed by atoms with Crippen LogP contribution in [-0.4, -0.2) is 109 Å². The molecule has 6 N–H and O–H groups in total. The first-order valence-corrected chi connectivity index (χ1v) is 18.0. The fourth-order valence-corrected chi connectivity index (χ4v) is 6.51. The summed E-state index contributed by atoms with van der Waals surface area (Å²) in [6.07, 6.45) is 1.62. The Kier molecular flexibility index (Phi) is 14.9. The first-order valence-electron chi connectivity index (χ1n) is 18.0. The van der Waals surface area contributed by atoms with E-state index in [2.05, 4.69) is 30.6 Å². The van der Waals surface area contributed by atoms with Gasteiger partial charge >= 0.3 is 12.2 Å². The van der Waals surface area contributed by atoms with Gasteiger partial charge in [-0.2, -0.15) is 0 Å². The first-order chi connectivity index (χ1) is 26.8. The van der Waals surface area contributed by atoms with Crippen molar-refractivity contribution in [3.8, 4) is 33.6 Å². The zero-order chi connectivity index (χ0) is 41.1. The van der Waals surface area contributed by atoms with E-state index in [1.807, 2.05) is 76.2 Å². The van der Waals surface area contributed by atoms with E-state index in [0.717, 1.165) is 34.7 Å². The maximum Gasteiger partial charge on any atom is 0.407 e. The second-order valence-corrected chi connectivity index (χ2v) is 13.7. The number of hydrogen-bond acceptors (Lipinski definition) is 12. The van der Waals surface area contributed by atoms with Crippen LogP contribution < -0.4 is 10.6 Å². The lowest BCUT2D eigenvalue weighted by atomic mass is 9.85. The lowest BCUT2D eigenvalue weighted by Gasteiger charge is -2.27. The minimum Gasteiger partial charge on any atom is -0.453 e. The maximum atomic E-state index is 13.8. The van der Waals surface area contributed by atoms with Crippen LogP contribution in [0, 0.1) is 22.7 Å². The van der Waals surface area contributed by atoms with Crippen LogP contribution in [0.3, 0.4) is 0 Å². The Balaban J connectivity index is 1.52. The van der Waals surface area contributed by atoms with Crippen LogP contribution >= 0.6 is 0 Å². The van der Waals surface area contributed by atoms with Crippen LogP contribution in [0.4, 0.5) is 9.59 Å². The number of imidazole rings is 2. The number of aromatic nitrogens is 4. The van der Waals surface area contributed by atoms with Gasteiger partial charge in [0, 0.05) is 26.6 Å². The number of benzene rings is 2. The summed E-state index contributed by atoms with van der Waals surface area (Å²) in [5.41, 5.74) is 5.01. The number of rotatable bonds is 19. The zero-order valence-electron chi connectivity index (χ0n) is 32.7. The number of aromatic amines is 2. The molecule has 2 aromatic heterocycles. The van der Waals surface area contributed by atoms with E-state index in [1.165, 1.54) is 28.4 Å². The van der Waals surface area contributed by atoms with Crippen molar-refractivity contribution < 1.29 is 38.1 Å². The van der Waals surface area contributed by atoms with Crippen molar-refractivity contribution in [2.75, 3.05) is 28.4 Å². The molecule has 2 heterocycles. The number of amides is 2. The van der Waals surface area contributed by atoms with E-state index < -0.39 is 48.3 Å². The lowest BCUT2D eigenvalue weighted by molar-refractivity contribution is -0.126. The van der Waals surface area contributed by atoms with Crippen molar-refractivity contribution in [2.24, 2.45) is 11.8 Å². The van der Waals surface area contributed by atoms with Crippen LogP contribution in [0.5, 0.6) is 0 Å². The molecule has 6 atom stereocenters. The fourth-order valence-electron chi connectivity index (χ4n) is 6.51. The van der Waals surface area contributed by atoms with Gasteiger partial charge in [0.05, 0.1) is 49.8 Å². The predicted molar refractivity (Wildman–Crippen MR) is 210 cm³/mol. The standard InChI is InChI=1S/C40H50N8O8/c1-21(2)31(35(49)33(29(17-41)53-5)47-39(51)55-7)37-43-19-27(45-37)25-13-9-23(10-14-25)24-11-15-26(16-12-24)28-20-44-38(46-28)32(22(3)4)36(50)34(30(18-42)54-6)48-40(52)56-8/h9-22,29-34,41-42H,1-8H3,(H,43,45)(H,44,46)(H,47,51)(H,48,52)/t29-,30-,31+,32+,33-,34-/m0/s1. The highest BCUT2D eigenvalue weighted by Crippen LogP contribution is 2.32. The van der Waals surface area contributed by atoms with Crippen LogP contribution in [0.2, 0.25) is 0 Å². The summed E-state index contributed by atoms with van der Waals surface area (Å²) in [5.74, 6) is -1.78. The summed E-state index contributed by atoms with van der Waals surface area (Å²) in [4.78, 5) is 67.4. The molecule has 0 radical (unpaired) electrons. The summed E-state index contributed by atoms with van der Waals surface area (Å²) < 4.78 is 20.0. The second kappa shape index (κ2) is 19.5. The number of H-pyrrole nitrogens is 2. The number of nitrogens with zero attached hydrogens (tertiary/aromatic N) is 2. The molecule has 0 saturated heterocycles. The number of alkyl carbamates (subject to hydrolysis) is 2. The fraction of sp³-hybridized carbons (Fsp3) is 0.400. The van der Waals surface area contributed by atoms with Gasteiger partial charge in [0.25, 0.3) is 0 Å². The Hall–Kier alpha value is -6.00. The average molecular weight is 771 g/mol. The third kappa shape index (κ3) is 9.80. The average Bonchev–Trinajstić information content (AvgIpc) is 3.88. The molecule has 298 valence electrons. The molecular formula is C40H50N8O8. The molecule has 4 rings (SSSR count). The van der Waals surface area contributed by atoms with Crippen LogP contribution in [0.1, 0.15) is 51.2 Å². The van der Waals surface area contributed by atoms with Gasteiger partial charge < -0.3 is 50.4 Å². The van der Waals surface area contributed by atoms with Gasteiger partial charge in [-0.05, 0) is 34.1 Å². The number of methoxy groups -OCH3 is 4. The third-order valence-corrected chi connectivity index (χ3v) is 9.51. The third-order valence-electron chi connectivity index (χ3n) is 9.51. The molecule has 0 aliphatic heterocycles. The molecule has 0 fully saturated rings. The Morgan fingerprint density at radius 3 is 1.18 bits per heavy atom. The molecule has 2 amide bonds. The van der Waals surface area contributed by atoms with Gasteiger partial charge in [-0.3, -0.25) is 9.59 Å². The van der Waals surface area contributed by atoms with E-state index in [4.69, 9.17) is 29.8 Å². The highest BCUT2D eigenvalue weighted by atomic mass is 16.5. The summed E-state index contributed by atoms with van der Waals surface area (Å²) in [6.45, 7) is 7.51. The summed E-state index contributed by atoms with van der Waals surface area (Å²) in [5, 5.41) is 20.5. The molecule has 4 aromatic rings. The van der Waals surface area contributed by atoms with E-state index in [-0.39, 0.29) is 23.4 Å². The molecule has 2 aromatic carbocycles. The van der Waals surface area contributed by atoms with Crippen molar-refractivity contribution >= 4 is 36.2 Å².